The second-order valence-corrected chi connectivity index (χ2v) is 5.68. The van der Waals surface area contributed by atoms with Gasteiger partial charge in [0.15, 0.2) is 0 Å². The minimum atomic E-state index is -1.00. The van der Waals surface area contributed by atoms with Crippen LogP contribution in [0, 0.1) is 12.8 Å². The third kappa shape index (κ3) is 4.33. The predicted octanol–water partition coefficient (Wildman–Crippen LogP) is 1.31. The third-order valence-corrected chi connectivity index (χ3v) is 4.25. The molecule has 1 aromatic heterocycles. The molecule has 0 radical (unpaired) electrons. The Balaban J connectivity index is 0.00000144. The van der Waals surface area contributed by atoms with Gasteiger partial charge >= 0.3 is 0 Å². The fourth-order valence-electron chi connectivity index (χ4n) is 1.87. The first kappa shape index (κ1) is 14.5. The average molecular weight is 276 g/mol. The van der Waals surface area contributed by atoms with E-state index in [4.69, 9.17) is 0 Å². The molecule has 2 heterocycles. The van der Waals surface area contributed by atoms with Gasteiger partial charge in [0.1, 0.15) is 5.03 Å². The van der Waals surface area contributed by atoms with Gasteiger partial charge in [-0.1, -0.05) is 0 Å². The van der Waals surface area contributed by atoms with Gasteiger partial charge in [0.05, 0.1) is 16.5 Å². The van der Waals surface area contributed by atoms with Crippen molar-refractivity contribution in [1.82, 2.24) is 15.5 Å². The zero-order valence-electron chi connectivity index (χ0n) is 9.89. The maximum atomic E-state index is 12.0. The molecule has 1 aliphatic rings. The lowest BCUT2D eigenvalue weighted by Crippen LogP contribution is -2.32. The molecule has 2 rings (SSSR count). The van der Waals surface area contributed by atoms with Crippen LogP contribution in [-0.4, -0.2) is 33.2 Å². The number of hydrogen-bond acceptors (Lipinski definition) is 4. The molecule has 96 valence electrons. The summed E-state index contributed by atoms with van der Waals surface area (Å²) >= 11 is 0. The fourth-order valence-corrected chi connectivity index (χ4v) is 3.11. The molecule has 17 heavy (non-hydrogen) atoms. The Morgan fingerprint density at radius 2 is 2.29 bits per heavy atom. The second kappa shape index (κ2) is 7.03. The number of nitrogens with zero attached hydrogens (tertiary/aromatic N) is 2. The van der Waals surface area contributed by atoms with Crippen molar-refractivity contribution in [2.45, 2.75) is 24.8 Å². The van der Waals surface area contributed by atoms with Gasteiger partial charge in [0, 0.05) is 5.75 Å². The van der Waals surface area contributed by atoms with Gasteiger partial charge in [-0.15, -0.1) is 17.5 Å². The summed E-state index contributed by atoms with van der Waals surface area (Å²) in [6.45, 7) is 3.95. The molecule has 2 atom stereocenters. The first-order chi connectivity index (χ1) is 7.75. The molecule has 0 aliphatic carbocycles. The summed E-state index contributed by atoms with van der Waals surface area (Å²) in [5.41, 5.74) is 0.861. The number of piperidine rings is 1. The standard InChI is InChI=1S/C11H17N3OS.ClH/c1-9-4-5-11(14-13-9)16(15)8-10-3-2-6-12-7-10;/h4-5,10,12H,2-3,6-8H2,1H3;1H. The normalized spacial score (nSPS) is 21.6. The van der Waals surface area contributed by atoms with Gasteiger partial charge in [0.25, 0.3) is 0 Å². The van der Waals surface area contributed by atoms with E-state index in [9.17, 15) is 4.21 Å². The lowest BCUT2D eigenvalue weighted by atomic mass is 10.0. The Morgan fingerprint density at radius 3 is 2.88 bits per heavy atom. The van der Waals surface area contributed by atoms with E-state index in [2.05, 4.69) is 15.5 Å². The number of aryl methyl sites for hydroxylation is 1. The van der Waals surface area contributed by atoms with E-state index in [1.807, 2.05) is 19.1 Å². The maximum absolute atomic E-state index is 12.0. The summed E-state index contributed by atoms with van der Waals surface area (Å²) in [5.74, 6) is 1.21. The van der Waals surface area contributed by atoms with E-state index < -0.39 is 10.8 Å². The van der Waals surface area contributed by atoms with E-state index >= 15 is 0 Å². The van der Waals surface area contributed by atoms with Crippen LogP contribution in [-0.2, 0) is 10.8 Å². The molecule has 0 aromatic carbocycles. The summed E-state index contributed by atoms with van der Waals surface area (Å²) in [6.07, 6.45) is 2.35. The van der Waals surface area contributed by atoms with Crippen LogP contribution in [0.25, 0.3) is 0 Å². The molecule has 4 nitrogen and oxygen atoms in total. The minimum absolute atomic E-state index is 0. The highest BCUT2D eigenvalue weighted by molar-refractivity contribution is 7.84. The average Bonchev–Trinajstić information content (AvgIpc) is 2.31. The van der Waals surface area contributed by atoms with Crippen molar-refractivity contribution in [2.75, 3.05) is 18.8 Å². The summed E-state index contributed by atoms with van der Waals surface area (Å²) in [7, 11) is -1.00. The molecule has 1 N–H and O–H groups in total. The largest absolute Gasteiger partial charge is 0.316 e. The first-order valence-corrected chi connectivity index (χ1v) is 6.97. The van der Waals surface area contributed by atoms with Gasteiger partial charge in [-0.2, -0.15) is 5.10 Å². The minimum Gasteiger partial charge on any atom is -0.316 e. The molecule has 0 bridgehead atoms. The van der Waals surface area contributed by atoms with Crippen molar-refractivity contribution in [1.29, 1.82) is 0 Å². The summed E-state index contributed by atoms with van der Waals surface area (Å²) < 4.78 is 12.0. The molecule has 1 aromatic rings. The van der Waals surface area contributed by atoms with Gasteiger partial charge < -0.3 is 5.32 Å². The molecule has 1 saturated heterocycles. The molecule has 6 heteroatoms. The van der Waals surface area contributed by atoms with Crippen molar-refractivity contribution < 1.29 is 4.21 Å². The molecule has 0 spiro atoms. The zero-order chi connectivity index (χ0) is 11.4. The van der Waals surface area contributed by atoms with Gasteiger partial charge in [-0.25, -0.2) is 0 Å². The lowest BCUT2D eigenvalue weighted by molar-refractivity contribution is 0.407. The zero-order valence-corrected chi connectivity index (χ0v) is 11.5. The van der Waals surface area contributed by atoms with Crippen molar-refractivity contribution in [2.24, 2.45) is 5.92 Å². The van der Waals surface area contributed by atoms with Crippen molar-refractivity contribution in [3.63, 3.8) is 0 Å². The van der Waals surface area contributed by atoms with Gasteiger partial charge in [-0.05, 0) is 50.9 Å². The van der Waals surface area contributed by atoms with E-state index in [0.29, 0.717) is 16.7 Å². The Morgan fingerprint density at radius 1 is 1.47 bits per heavy atom. The Labute approximate surface area is 110 Å². The molecule has 0 amide bonds. The second-order valence-electron chi connectivity index (χ2n) is 4.24. The van der Waals surface area contributed by atoms with E-state index in [-0.39, 0.29) is 12.4 Å². The van der Waals surface area contributed by atoms with Crippen molar-refractivity contribution in [3.8, 4) is 0 Å². The number of nitrogens with one attached hydrogen (secondary N) is 1. The monoisotopic (exact) mass is 275 g/mol. The molecule has 1 fully saturated rings. The predicted molar refractivity (Wildman–Crippen MR) is 70.9 cm³/mol. The highest BCUT2D eigenvalue weighted by Crippen LogP contribution is 2.14. The fraction of sp³-hybridized carbons (Fsp3) is 0.636. The molecule has 2 unspecified atom stereocenters. The highest BCUT2D eigenvalue weighted by atomic mass is 35.5. The Kier molecular flexibility index (Phi) is 6.02. The SMILES string of the molecule is Cc1ccc(S(=O)CC2CCCNC2)nn1.Cl. The quantitative estimate of drug-likeness (QED) is 0.904. The van der Waals surface area contributed by atoms with Crippen LogP contribution in [0.5, 0.6) is 0 Å². The topological polar surface area (TPSA) is 54.9 Å². The van der Waals surface area contributed by atoms with Crippen LogP contribution in [0.1, 0.15) is 18.5 Å². The Hall–Kier alpha value is -0.520. The van der Waals surface area contributed by atoms with Crippen LogP contribution in [0.2, 0.25) is 0 Å². The molecular weight excluding hydrogens is 258 g/mol. The summed E-state index contributed by atoms with van der Waals surface area (Å²) in [4.78, 5) is 0. The molecule has 1 aliphatic heterocycles. The molecule has 0 saturated carbocycles. The smallest absolute Gasteiger partial charge is 0.149 e. The van der Waals surface area contributed by atoms with Crippen LogP contribution in [0.3, 0.4) is 0 Å². The lowest BCUT2D eigenvalue weighted by Gasteiger charge is -2.21. The van der Waals surface area contributed by atoms with Gasteiger partial charge in [-0.3, -0.25) is 4.21 Å². The molecular formula is C11H18ClN3OS. The first-order valence-electron chi connectivity index (χ1n) is 5.65. The number of aromatic nitrogens is 2. The summed E-state index contributed by atoms with van der Waals surface area (Å²) in [6, 6.07) is 3.67. The third-order valence-electron chi connectivity index (χ3n) is 2.79. The van der Waals surface area contributed by atoms with Crippen molar-refractivity contribution in [3.05, 3.63) is 17.8 Å². The van der Waals surface area contributed by atoms with Crippen LogP contribution < -0.4 is 5.32 Å². The van der Waals surface area contributed by atoms with Crippen LogP contribution >= 0.6 is 12.4 Å². The highest BCUT2D eigenvalue weighted by Gasteiger charge is 2.17. The van der Waals surface area contributed by atoms with Gasteiger partial charge in [0.2, 0.25) is 0 Å². The van der Waals surface area contributed by atoms with Crippen LogP contribution in [0.15, 0.2) is 17.2 Å². The number of halogens is 1. The number of hydrogen-bond donors (Lipinski definition) is 1. The summed E-state index contributed by atoms with van der Waals surface area (Å²) in [5, 5.41) is 11.8. The van der Waals surface area contributed by atoms with Crippen LogP contribution in [0.4, 0.5) is 0 Å². The van der Waals surface area contributed by atoms with E-state index in [0.717, 1.165) is 25.2 Å². The van der Waals surface area contributed by atoms with E-state index in [1.54, 1.807) is 0 Å². The van der Waals surface area contributed by atoms with E-state index in [1.165, 1.54) is 6.42 Å². The maximum Gasteiger partial charge on any atom is 0.149 e. The Bertz CT molecular complexity index is 365. The number of rotatable bonds is 3. The van der Waals surface area contributed by atoms with Crippen molar-refractivity contribution >= 4 is 23.2 Å².